The third kappa shape index (κ3) is 4.99. The summed E-state index contributed by atoms with van der Waals surface area (Å²) < 4.78 is 37.8. The van der Waals surface area contributed by atoms with Gasteiger partial charge in [-0.3, -0.25) is 4.72 Å². The van der Waals surface area contributed by atoms with Crippen LogP contribution in [-0.4, -0.2) is 34.2 Å². The normalized spacial score (nSPS) is 11.0. The van der Waals surface area contributed by atoms with Crippen molar-refractivity contribution in [2.45, 2.75) is 24.7 Å². The Hall–Kier alpha value is -2.48. The van der Waals surface area contributed by atoms with Crippen molar-refractivity contribution in [1.82, 2.24) is 4.98 Å². The first-order chi connectivity index (χ1) is 12.0. The summed E-state index contributed by atoms with van der Waals surface area (Å²) in [7, 11) is -0.804. The Morgan fingerprint density at radius 2 is 1.84 bits per heavy atom. The number of nitrogens with zero attached hydrogens (tertiary/aromatic N) is 1. The third-order valence-electron chi connectivity index (χ3n) is 3.52. The summed E-state index contributed by atoms with van der Waals surface area (Å²) in [5.74, 6) is 1.52. The number of hydrogen-bond donors (Lipinski definition) is 2. The highest BCUT2D eigenvalue weighted by atomic mass is 32.2. The zero-order valence-corrected chi connectivity index (χ0v) is 15.4. The van der Waals surface area contributed by atoms with Gasteiger partial charge in [0.25, 0.3) is 10.0 Å². The summed E-state index contributed by atoms with van der Waals surface area (Å²) in [6.07, 6.45) is 3.62. The Bertz CT molecular complexity index is 792. The Morgan fingerprint density at radius 1 is 1.08 bits per heavy atom. The fourth-order valence-corrected chi connectivity index (χ4v) is 3.21. The maximum Gasteiger partial charge on any atom is 0.262 e. The van der Waals surface area contributed by atoms with Gasteiger partial charge in [-0.15, -0.1) is 0 Å². The number of nitrogens with one attached hydrogen (secondary N) is 2. The lowest BCUT2D eigenvalue weighted by Gasteiger charge is -2.12. The van der Waals surface area contributed by atoms with E-state index in [1.807, 2.05) is 0 Å². The summed E-state index contributed by atoms with van der Waals surface area (Å²) >= 11 is 0. The van der Waals surface area contributed by atoms with Gasteiger partial charge in [-0.25, -0.2) is 13.4 Å². The molecule has 0 aliphatic heterocycles. The van der Waals surface area contributed by atoms with Crippen molar-refractivity contribution < 1.29 is 17.9 Å². The van der Waals surface area contributed by atoms with Crippen molar-refractivity contribution in [3.63, 3.8) is 0 Å². The van der Waals surface area contributed by atoms with E-state index in [4.69, 9.17) is 9.47 Å². The zero-order chi connectivity index (χ0) is 18.3. The molecule has 0 radical (unpaired) electrons. The molecular formula is C17H23N3O4S. The molecule has 0 saturated carbocycles. The number of ether oxygens (including phenoxy) is 2. The maximum atomic E-state index is 12.5. The van der Waals surface area contributed by atoms with Crippen LogP contribution in [0.5, 0.6) is 11.5 Å². The van der Waals surface area contributed by atoms with Gasteiger partial charge in [0.2, 0.25) is 0 Å². The molecule has 8 heteroatoms. The van der Waals surface area contributed by atoms with E-state index >= 15 is 0 Å². The monoisotopic (exact) mass is 365 g/mol. The average molecular weight is 365 g/mol. The van der Waals surface area contributed by atoms with Crippen LogP contribution in [0.4, 0.5) is 11.5 Å². The molecule has 0 spiro atoms. The van der Waals surface area contributed by atoms with Crippen LogP contribution in [0.2, 0.25) is 0 Å². The minimum atomic E-state index is -3.75. The first-order valence-corrected chi connectivity index (χ1v) is 9.43. The van der Waals surface area contributed by atoms with Crippen LogP contribution in [0, 0.1) is 0 Å². The molecule has 0 aliphatic rings. The van der Waals surface area contributed by atoms with E-state index in [9.17, 15) is 8.42 Å². The predicted molar refractivity (Wildman–Crippen MR) is 98.0 cm³/mol. The minimum absolute atomic E-state index is 0.0790. The summed E-state index contributed by atoms with van der Waals surface area (Å²) in [5, 5.41) is 3.18. The summed E-state index contributed by atoms with van der Waals surface area (Å²) in [6, 6.07) is 7.82. The minimum Gasteiger partial charge on any atom is -0.493 e. The van der Waals surface area contributed by atoms with Crippen molar-refractivity contribution in [3.05, 3.63) is 36.5 Å². The Morgan fingerprint density at radius 3 is 2.44 bits per heavy atom. The van der Waals surface area contributed by atoms with Crippen molar-refractivity contribution in [1.29, 1.82) is 0 Å². The lowest BCUT2D eigenvalue weighted by molar-refractivity contribution is 0.354. The quantitative estimate of drug-likeness (QED) is 0.664. The van der Waals surface area contributed by atoms with E-state index in [-0.39, 0.29) is 4.90 Å². The molecule has 1 aromatic heterocycles. The number of aromatic nitrogens is 1. The second-order valence-corrected chi connectivity index (χ2v) is 7.02. The Kier molecular flexibility index (Phi) is 6.46. The van der Waals surface area contributed by atoms with Gasteiger partial charge in [0.1, 0.15) is 5.82 Å². The molecule has 136 valence electrons. The van der Waals surface area contributed by atoms with E-state index in [0.717, 1.165) is 19.4 Å². The first-order valence-electron chi connectivity index (χ1n) is 7.95. The molecule has 0 amide bonds. The number of anilines is 2. The molecule has 1 aromatic carbocycles. The van der Waals surface area contributed by atoms with Gasteiger partial charge in [0.15, 0.2) is 11.5 Å². The Labute approximate surface area is 148 Å². The average Bonchev–Trinajstić information content (AvgIpc) is 2.62. The highest BCUT2D eigenvalue weighted by molar-refractivity contribution is 7.92. The van der Waals surface area contributed by atoms with Gasteiger partial charge in [-0.05, 0) is 30.7 Å². The molecule has 2 aromatic rings. The van der Waals surface area contributed by atoms with Gasteiger partial charge in [0.05, 0.1) is 31.0 Å². The molecule has 1 heterocycles. The van der Waals surface area contributed by atoms with Gasteiger partial charge in [-0.2, -0.15) is 0 Å². The summed E-state index contributed by atoms with van der Waals surface area (Å²) in [4.78, 5) is 4.29. The molecule has 0 saturated heterocycles. The van der Waals surface area contributed by atoms with E-state index in [2.05, 4.69) is 21.9 Å². The van der Waals surface area contributed by atoms with Crippen LogP contribution in [0.1, 0.15) is 19.8 Å². The summed E-state index contributed by atoms with van der Waals surface area (Å²) in [6.45, 7) is 2.95. The second kappa shape index (κ2) is 8.57. The molecule has 0 atom stereocenters. The number of pyridine rings is 1. The molecule has 0 bridgehead atoms. The largest absolute Gasteiger partial charge is 0.493 e. The van der Waals surface area contributed by atoms with Gasteiger partial charge in [-0.1, -0.05) is 13.3 Å². The van der Waals surface area contributed by atoms with E-state index in [1.165, 1.54) is 32.5 Å². The smallest absolute Gasteiger partial charge is 0.262 e. The number of sulfonamides is 1. The van der Waals surface area contributed by atoms with Crippen LogP contribution in [0.3, 0.4) is 0 Å². The molecule has 2 N–H and O–H groups in total. The van der Waals surface area contributed by atoms with Crippen LogP contribution in [-0.2, 0) is 10.0 Å². The lowest BCUT2D eigenvalue weighted by atomic mass is 10.3. The predicted octanol–water partition coefficient (Wildman–Crippen LogP) is 3.11. The standard InChI is InChI=1S/C17H23N3O4S/c1-4-5-10-18-17-9-6-13(12-19-17)20-25(21,22)14-7-8-15(23-2)16(11-14)24-3/h6-9,11-12,20H,4-5,10H2,1-3H3,(H,18,19). The topological polar surface area (TPSA) is 89.5 Å². The van der Waals surface area contributed by atoms with Crippen LogP contribution >= 0.6 is 0 Å². The zero-order valence-electron chi connectivity index (χ0n) is 14.6. The van der Waals surface area contributed by atoms with E-state index in [1.54, 1.807) is 18.2 Å². The van der Waals surface area contributed by atoms with Gasteiger partial charge in [0, 0.05) is 12.6 Å². The second-order valence-electron chi connectivity index (χ2n) is 5.33. The molecular weight excluding hydrogens is 342 g/mol. The molecule has 25 heavy (non-hydrogen) atoms. The SMILES string of the molecule is CCCCNc1ccc(NS(=O)(=O)c2ccc(OC)c(OC)c2)cn1. The summed E-state index contributed by atoms with van der Waals surface area (Å²) in [5.41, 5.74) is 0.385. The third-order valence-corrected chi connectivity index (χ3v) is 4.90. The number of rotatable bonds is 9. The molecule has 0 unspecified atom stereocenters. The van der Waals surface area contributed by atoms with Crippen LogP contribution in [0.15, 0.2) is 41.4 Å². The molecule has 0 fully saturated rings. The van der Waals surface area contributed by atoms with Gasteiger partial charge < -0.3 is 14.8 Å². The molecule has 0 aliphatic carbocycles. The van der Waals surface area contributed by atoms with Crippen molar-refractivity contribution in [3.8, 4) is 11.5 Å². The lowest BCUT2D eigenvalue weighted by Crippen LogP contribution is -2.13. The fourth-order valence-electron chi connectivity index (χ4n) is 2.15. The number of hydrogen-bond acceptors (Lipinski definition) is 6. The highest BCUT2D eigenvalue weighted by Crippen LogP contribution is 2.30. The molecule has 2 rings (SSSR count). The fraction of sp³-hybridized carbons (Fsp3) is 0.353. The van der Waals surface area contributed by atoms with Crippen molar-refractivity contribution in [2.24, 2.45) is 0 Å². The van der Waals surface area contributed by atoms with Crippen molar-refractivity contribution >= 4 is 21.5 Å². The van der Waals surface area contributed by atoms with E-state index in [0.29, 0.717) is 23.0 Å². The number of methoxy groups -OCH3 is 2. The van der Waals surface area contributed by atoms with Gasteiger partial charge >= 0.3 is 0 Å². The maximum absolute atomic E-state index is 12.5. The van der Waals surface area contributed by atoms with Crippen LogP contribution in [0.25, 0.3) is 0 Å². The Balaban J connectivity index is 2.13. The van der Waals surface area contributed by atoms with Crippen molar-refractivity contribution in [2.75, 3.05) is 30.8 Å². The first kappa shape index (κ1) is 18.9. The molecule has 7 nitrogen and oxygen atoms in total. The van der Waals surface area contributed by atoms with E-state index < -0.39 is 10.0 Å². The number of benzene rings is 1. The van der Waals surface area contributed by atoms with Crippen LogP contribution < -0.4 is 19.5 Å². The number of unbranched alkanes of at least 4 members (excludes halogenated alkanes) is 1. The highest BCUT2D eigenvalue weighted by Gasteiger charge is 2.17.